The number of likely N-dealkylation sites (N-methyl/N-ethyl adjacent to an activating group) is 1. The van der Waals surface area contributed by atoms with Crippen molar-refractivity contribution in [2.45, 2.75) is 122 Å². The van der Waals surface area contributed by atoms with Crippen LogP contribution in [0.15, 0.2) is 109 Å². The smallest absolute Gasteiger partial charge is 0.308 e. The average molecular weight is 1050 g/mol. The van der Waals surface area contributed by atoms with Gasteiger partial charge in [0.1, 0.15) is 25.9 Å². The Morgan fingerprint density at radius 1 is 0.842 bits per heavy atom. The number of H-pyrrole nitrogens is 1. The molecular formula is C61H79N7O7Si. The number of esters is 1. The summed E-state index contributed by atoms with van der Waals surface area (Å²) in [5.41, 5.74) is 9.12. The number of nitrogens with one attached hydrogen (secondary N) is 4. The number of ether oxygens (including phenoxy) is 1. The topological polar surface area (TPSA) is 176 Å². The number of amides is 4. The number of nitrogens with zero attached hydrogens (tertiary/aromatic N) is 3. The van der Waals surface area contributed by atoms with Crippen molar-refractivity contribution in [3.63, 3.8) is 0 Å². The quantitative estimate of drug-likeness (QED) is 0.0337. The molecule has 2 aliphatic heterocycles. The molecule has 5 N–H and O–H groups in total. The molecule has 5 aromatic rings. The van der Waals surface area contributed by atoms with Crippen LogP contribution in [0.3, 0.4) is 0 Å². The number of benzene rings is 4. The summed E-state index contributed by atoms with van der Waals surface area (Å²) in [7, 11) is 7.77. The van der Waals surface area contributed by atoms with Gasteiger partial charge in [-0.1, -0.05) is 80.2 Å². The number of aromatic nitrogens is 1. The van der Waals surface area contributed by atoms with E-state index in [1.54, 1.807) is 19.2 Å². The normalized spacial score (nSPS) is 21.3. The number of aromatic amines is 1. The summed E-state index contributed by atoms with van der Waals surface area (Å²) in [4.78, 5) is 79.8. The van der Waals surface area contributed by atoms with Gasteiger partial charge >= 0.3 is 5.97 Å². The molecule has 0 fully saturated rings. The maximum atomic E-state index is 14.9. The van der Waals surface area contributed by atoms with Crippen LogP contribution in [0.2, 0.25) is 13.1 Å². The third-order valence-electron chi connectivity index (χ3n) is 15.1. The van der Waals surface area contributed by atoms with Crippen molar-refractivity contribution in [2.75, 3.05) is 51.6 Å². The second-order valence-corrected chi connectivity index (χ2v) is 26.2. The number of hydrogen-bond donors (Lipinski definition) is 5. The molecule has 1 aromatic heterocycles. The van der Waals surface area contributed by atoms with Gasteiger partial charge in [0, 0.05) is 83.1 Å². The maximum absolute atomic E-state index is 14.9. The number of carbonyl (C=O) groups is 5. The molecule has 14 nitrogen and oxygen atoms in total. The Hall–Kier alpha value is -7.13. The van der Waals surface area contributed by atoms with Crippen LogP contribution in [0.4, 0.5) is 11.4 Å². The number of aromatic hydroxyl groups is 1. The first-order valence-corrected chi connectivity index (χ1v) is 29.9. The number of phenols is 1. The monoisotopic (exact) mass is 1050 g/mol. The van der Waals surface area contributed by atoms with Crippen molar-refractivity contribution in [3.05, 3.63) is 131 Å². The number of anilines is 2. The maximum Gasteiger partial charge on any atom is 0.308 e. The lowest BCUT2D eigenvalue weighted by atomic mass is 9.94. The van der Waals surface area contributed by atoms with Gasteiger partial charge in [0.05, 0.1) is 18.6 Å². The molecule has 4 aromatic carbocycles. The molecule has 0 saturated heterocycles. The molecule has 15 heteroatoms. The lowest BCUT2D eigenvalue weighted by Crippen LogP contribution is -2.58. The molecule has 0 aliphatic carbocycles. The lowest BCUT2D eigenvalue weighted by Gasteiger charge is -2.36. The Balaban J connectivity index is 1.08. The largest absolute Gasteiger partial charge is 0.508 e. The third kappa shape index (κ3) is 14.0. The predicted molar refractivity (Wildman–Crippen MR) is 308 cm³/mol. The summed E-state index contributed by atoms with van der Waals surface area (Å²) >= 11 is 0. The lowest BCUT2D eigenvalue weighted by molar-refractivity contribution is -0.149. The number of phenolic OH excluding ortho intramolecular Hbond substituents is 1. The predicted octanol–water partition coefficient (Wildman–Crippen LogP) is 8.14. The Kier molecular flexibility index (Phi) is 18.7. The fraction of sp³-hybridized carbons (Fsp3) is 0.426. The SMILES string of the molecule is C/C1=C\CC[C@H](C)OC(=O)C[C@H](c2ccc(O)cc2)NC(=O)[C@@H](Cc2cc3ccccc3[nH]2)N(C)C(=O)[C@H](CCCCNC(=O)CCC=C2c3ccc(N(C)C)cc3[Si](C)(C)c3cc(N(C)C)ccc32)NC(=O)[C@@H](C)C1. The Labute approximate surface area is 450 Å². The number of fused-ring (bicyclic) bond motifs is 3. The second-order valence-electron chi connectivity index (χ2n) is 21.9. The minimum atomic E-state index is -2.08. The van der Waals surface area contributed by atoms with E-state index in [0.29, 0.717) is 62.7 Å². The van der Waals surface area contributed by atoms with Gasteiger partial charge in [-0.15, -0.1) is 0 Å². The van der Waals surface area contributed by atoms with Crippen LogP contribution in [0.1, 0.15) is 107 Å². The molecule has 4 amide bonds. The highest BCUT2D eigenvalue weighted by atomic mass is 28.3. The molecule has 5 atom stereocenters. The van der Waals surface area contributed by atoms with Crippen LogP contribution in [-0.2, 0) is 35.1 Å². The van der Waals surface area contributed by atoms with E-state index in [2.05, 4.69) is 121 Å². The van der Waals surface area contributed by atoms with Gasteiger partial charge < -0.3 is 45.5 Å². The van der Waals surface area contributed by atoms with E-state index >= 15 is 0 Å². The van der Waals surface area contributed by atoms with E-state index < -0.39 is 56.0 Å². The van der Waals surface area contributed by atoms with Gasteiger partial charge in [-0.3, -0.25) is 24.0 Å². The first kappa shape index (κ1) is 56.6. The zero-order valence-electron chi connectivity index (χ0n) is 46.2. The summed E-state index contributed by atoms with van der Waals surface area (Å²) in [6.45, 7) is 10.9. The number of cyclic esters (lactones) is 1. The number of hydrogen-bond acceptors (Lipinski definition) is 9. The van der Waals surface area contributed by atoms with Gasteiger partial charge in [-0.2, -0.15) is 0 Å². The van der Waals surface area contributed by atoms with Crippen LogP contribution in [0.5, 0.6) is 5.75 Å². The number of rotatable bonds is 13. The molecule has 0 bridgehead atoms. The van der Waals surface area contributed by atoms with Crippen LogP contribution < -0.4 is 36.1 Å². The van der Waals surface area contributed by atoms with Crippen molar-refractivity contribution in [1.82, 2.24) is 25.8 Å². The van der Waals surface area contributed by atoms with Crippen molar-refractivity contribution >= 4 is 75.9 Å². The molecule has 0 saturated carbocycles. The molecule has 7 rings (SSSR count). The minimum Gasteiger partial charge on any atom is -0.508 e. The summed E-state index contributed by atoms with van der Waals surface area (Å²) < 4.78 is 5.83. The van der Waals surface area contributed by atoms with E-state index in [-0.39, 0.29) is 36.8 Å². The van der Waals surface area contributed by atoms with E-state index in [0.717, 1.165) is 22.0 Å². The van der Waals surface area contributed by atoms with Gasteiger partial charge in [-0.25, -0.2) is 0 Å². The highest BCUT2D eigenvalue weighted by Gasteiger charge is 2.38. The van der Waals surface area contributed by atoms with Gasteiger partial charge in [0.25, 0.3) is 0 Å². The fourth-order valence-corrected chi connectivity index (χ4v) is 13.6. The molecule has 76 heavy (non-hydrogen) atoms. The standard InChI is InChI=1S/C61H79N7O7Si/c1-39-17-15-18-41(3)75-58(71)38-53(42-24-28-47(69)29-25-42)65-60(73)54(35-44-34-43-19-11-12-21-51(43)63-44)68(8)61(74)52(64-59(72)40(2)33-39)22-13-14-32-62-57(70)23-16-20-48-49-30-26-45(66(4)5)36-55(49)76(9,10)56-37-46(67(6)7)27-31-50(48)56/h11-12,17,19-21,24-31,34,36-37,40-41,52-54,63,69H,13-16,18,22-23,32-33,35,38H2,1-10H3,(H,62,70)(H,64,72)(H,65,73)/b39-17+/t40-,41-,52-,53+,54+/m0/s1. The number of carbonyl (C=O) groups excluding carboxylic acids is 5. The zero-order valence-corrected chi connectivity index (χ0v) is 47.2. The van der Waals surface area contributed by atoms with E-state index in [1.165, 1.54) is 49.9 Å². The average Bonchev–Trinajstić information content (AvgIpc) is 3.85. The van der Waals surface area contributed by atoms with Crippen molar-refractivity contribution in [3.8, 4) is 5.75 Å². The molecular weight excluding hydrogens is 971 g/mol. The van der Waals surface area contributed by atoms with Crippen LogP contribution in [0.25, 0.3) is 16.5 Å². The number of allylic oxidation sites excluding steroid dienone is 3. The zero-order chi connectivity index (χ0) is 54.8. The molecule has 404 valence electrons. The Morgan fingerprint density at radius 2 is 1.50 bits per heavy atom. The molecule has 3 heterocycles. The molecule has 2 aliphatic rings. The fourth-order valence-electron chi connectivity index (χ4n) is 10.5. The van der Waals surface area contributed by atoms with Gasteiger partial charge in [0.15, 0.2) is 0 Å². The minimum absolute atomic E-state index is 0.0299. The number of unbranched alkanes of at least 4 members (excludes halogenated alkanes) is 1. The van der Waals surface area contributed by atoms with Crippen molar-refractivity contribution in [1.29, 1.82) is 0 Å². The van der Waals surface area contributed by atoms with Crippen molar-refractivity contribution < 1.29 is 33.8 Å². The van der Waals surface area contributed by atoms with Crippen LogP contribution >= 0.6 is 0 Å². The molecule has 0 unspecified atom stereocenters. The highest BCUT2D eigenvalue weighted by molar-refractivity contribution is 7.02. The van der Waals surface area contributed by atoms with Crippen LogP contribution in [0, 0.1) is 5.92 Å². The van der Waals surface area contributed by atoms with E-state index in [1.807, 2.05) is 51.1 Å². The van der Waals surface area contributed by atoms with Crippen molar-refractivity contribution in [2.24, 2.45) is 5.92 Å². The van der Waals surface area contributed by atoms with Gasteiger partial charge in [-0.05, 0) is 145 Å². The molecule has 0 radical (unpaired) electrons. The summed E-state index contributed by atoms with van der Waals surface area (Å²) in [5, 5.41) is 23.1. The second kappa shape index (κ2) is 25.1. The first-order valence-electron chi connectivity index (χ1n) is 26.9. The van der Waals surface area contributed by atoms with E-state index in [9.17, 15) is 29.1 Å². The number of para-hydroxylation sites is 1. The van der Waals surface area contributed by atoms with E-state index in [4.69, 9.17) is 4.74 Å². The molecule has 0 spiro atoms. The third-order valence-corrected chi connectivity index (χ3v) is 18.6. The van der Waals surface area contributed by atoms with Gasteiger partial charge in [0.2, 0.25) is 23.6 Å². The Morgan fingerprint density at radius 3 is 2.14 bits per heavy atom. The Bertz CT molecular complexity index is 2860. The van der Waals surface area contributed by atoms with Crippen LogP contribution in [-0.4, -0.2) is 113 Å². The summed E-state index contributed by atoms with van der Waals surface area (Å²) in [6, 6.07) is 26.6. The first-order chi connectivity index (χ1) is 36.2. The highest BCUT2D eigenvalue weighted by Crippen LogP contribution is 2.34. The summed E-state index contributed by atoms with van der Waals surface area (Å²) in [5.74, 6) is -2.24. The summed E-state index contributed by atoms with van der Waals surface area (Å²) in [6.07, 6.45) is 7.61.